The molecule has 1 fully saturated rings. The molecule has 3 N–H and O–H groups in total. The highest BCUT2D eigenvalue weighted by Crippen LogP contribution is 2.28. The van der Waals surface area contributed by atoms with Crippen molar-refractivity contribution >= 4 is 16.5 Å². The van der Waals surface area contributed by atoms with Gasteiger partial charge in [0.1, 0.15) is 0 Å². The summed E-state index contributed by atoms with van der Waals surface area (Å²) in [4.78, 5) is 6.92. The number of benzene rings is 1. The van der Waals surface area contributed by atoms with Gasteiger partial charge in [-0.05, 0) is 55.7 Å². The van der Waals surface area contributed by atoms with E-state index in [2.05, 4.69) is 35.0 Å². The second kappa shape index (κ2) is 6.63. The fourth-order valence-electron chi connectivity index (χ4n) is 3.32. The quantitative estimate of drug-likeness (QED) is 0.832. The molecule has 22 heavy (non-hydrogen) atoms. The number of rotatable bonds is 5. The summed E-state index contributed by atoms with van der Waals surface area (Å²) in [6, 6.07) is 6.95. The van der Waals surface area contributed by atoms with Crippen LogP contribution in [0.15, 0.2) is 24.4 Å². The van der Waals surface area contributed by atoms with Crippen LogP contribution in [0.5, 0.6) is 0 Å². The molecule has 0 saturated carbocycles. The third-order valence-electron chi connectivity index (χ3n) is 4.62. The van der Waals surface area contributed by atoms with Crippen LogP contribution in [0.4, 0.5) is 5.69 Å². The fourth-order valence-corrected chi connectivity index (χ4v) is 3.32. The number of pyridine rings is 1. The minimum atomic E-state index is 0.261. The minimum Gasteiger partial charge on any atom is -0.396 e. The van der Waals surface area contributed by atoms with Crippen molar-refractivity contribution in [3.63, 3.8) is 0 Å². The molecule has 1 aromatic carbocycles. The summed E-state index contributed by atoms with van der Waals surface area (Å²) in [5.41, 5.74) is 9.67. The molecule has 0 amide bonds. The number of aliphatic hydroxyl groups is 1. The van der Waals surface area contributed by atoms with Crippen LogP contribution < -0.4 is 10.6 Å². The first-order valence-electron chi connectivity index (χ1n) is 8.18. The number of hydrogen-bond donors (Lipinski definition) is 2. The van der Waals surface area contributed by atoms with Gasteiger partial charge in [-0.25, -0.2) is 0 Å². The van der Waals surface area contributed by atoms with Crippen molar-refractivity contribution in [3.05, 3.63) is 35.7 Å². The third-order valence-corrected chi connectivity index (χ3v) is 4.62. The second-order valence-electron chi connectivity index (χ2n) is 6.27. The standard InChI is InChI=1S/C18H25N3O/c1-13-17(4-2-3-9-22)18-6-5-16(10-14(18)11-20-13)21-8-7-15(19)12-21/h5-6,10-11,15,22H,2-4,7-9,12,19H2,1H3. The van der Waals surface area contributed by atoms with Crippen molar-refractivity contribution in [1.82, 2.24) is 4.98 Å². The lowest BCUT2D eigenvalue weighted by molar-refractivity contribution is 0.284. The van der Waals surface area contributed by atoms with E-state index in [1.54, 1.807) is 0 Å². The predicted molar refractivity (Wildman–Crippen MR) is 91.3 cm³/mol. The second-order valence-corrected chi connectivity index (χ2v) is 6.27. The van der Waals surface area contributed by atoms with Crippen molar-refractivity contribution in [2.24, 2.45) is 5.73 Å². The fraction of sp³-hybridized carbons (Fsp3) is 0.500. The van der Waals surface area contributed by atoms with Gasteiger partial charge in [0.2, 0.25) is 0 Å². The SMILES string of the molecule is Cc1ncc2cc(N3CCC(N)C3)ccc2c1CCCCO. The smallest absolute Gasteiger partial charge is 0.0431 e. The highest BCUT2D eigenvalue weighted by atomic mass is 16.2. The predicted octanol–water partition coefficient (Wildman–Crippen LogP) is 2.40. The van der Waals surface area contributed by atoms with Gasteiger partial charge in [-0.1, -0.05) is 6.07 Å². The van der Waals surface area contributed by atoms with Gasteiger partial charge in [0.15, 0.2) is 0 Å². The summed E-state index contributed by atoms with van der Waals surface area (Å²) in [6.07, 6.45) is 5.86. The average Bonchev–Trinajstić information content (AvgIpc) is 2.96. The first-order chi connectivity index (χ1) is 10.7. The van der Waals surface area contributed by atoms with Gasteiger partial charge in [0.05, 0.1) is 0 Å². The molecule has 0 spiro atoms. The van der Waals surface area contributed by atoms with Crippen molar-refractivity contribution in [2.75, 3.05) is 24.6 Å². The molecule has 3 rings (SSSR count). The number of aliphatic hydroxyl groups excluding tert-OH is 1. The van der Waals surface area contributed by atoms with E-state index in [0.717, 1.165) is 44.5 Å². The van der Waals surface area contributed by atoms with Crippen molar-refractivity contribution in [2.45, 2.75) is 38.6 Å². The lowest BCUT2D eigenvalue weighted by Gasteiger charge is -2.19. The number of unbranched alkanes of at least 4 members (excludes halogenated alkanes) is 1. The Balaban J connectivity index is 1.91. The largest absolute Gasteiger partial charge is 0.396 e. The molecule has 118 valence electrons. The van der Waals surface area contributed by atoms with Gasteiger partial charge in [-0.3, -0.25) is 4.98 Å². The first kappa shape index (κ1) is 15.3. The first-order valence-corrected chi connectivity index (χ1v) is 8.18. The number of hydrogen-bond acceptors (Lipinski definition) is 4. The molecule has 1 unspecified atom stereocenters. The Kier molecular flexibility index (Phi) is 4.60. The monoisotopic (exact) mass is 299 g/mol. The van der Waals surface area contributed by atoms with Crippen molar-refractivity contribution in [3.8, 4) is 0 Å². The summed E-state index contributed by atoms with van der Waals surface area (Å²) in [6.45, 7) is 4.31. The normalized spacial score (nSPS) is 18.3. The van der Waals surface area contributed by atoms with E-state index in [1.165, 1.54) is 22.0 Å². The summed E-state index contributed by atoms with van der Waals surface area (Å²) in [5, 5.41) is 11.5. The van der Waals surface area contributed by atoms with E-state index in [-0.39, 0.29) is 6.61 Å². The van der Waals surface area contributed by atoms with Gasteiger partial charge >= 0.3 is 0 Å². The zero-order valence-electron chi connectivity index (χ0n) is 13.3. The zero-order valence-corrected chi connectivity index (χ0v) is 13.3. The van der Waals surface area contributed by atoms with Gasteiger partial charge in [0, 0.05) is 48.7 Å². The van der Waals surface area contributed by atoms with Gasteiger partial charge in [0.25, 0.3) is 0 Å². The van der Waals surface area contributed by atoms with Crippen LogP contribution in [0.3, 0.4) is 0 Å². The molecule has 1 aromatic heterocycles. The molecule has 2 heterocycles. The van der Waals surface area contributed by atoms with Crippen LogP contribution in [0, 0.1) is 6.92 Å². The van der Waals surface area contributed by atoms with Gasteiger partial charge < -0.3 is 15.7 Å². The van der Waals surface area contributed by atoms with E-state index in [4.69, 9.17) is 10.8 Å². The number of fused-ring (bicyclic) bond motifs is 1. The van der Waals surface area contributed by atoms with E-state index < -0.39 is 0 Å². The number of nitrogens with zero attached hydrogens (tertiary/aromatic N) is 2. The van der Waals surface area contributed by atoms with E-state index >= 15 is 0 Å². The molecule has 1 saturated heterocycles. The van der Waals surface area contributed by atoms with Gasteiger partial charge in [-0.2, -0.15) is 0 Å². The van der Waals surface area contributed by atoms with E-state index in [0.29, 0.717) is 6.04 Å². The highest BCUT2D eigenvalue weighted by Gasteiger charge is 2.19. The molecule has 1 atom stereocenters. The Labute approximate surface area is 132 Å². The maximum absolute atomic E-state index is 8.97. The Morgan fingerprint density at radius 2 is 2.23 bits per heavy atom. The van der Waals surface area contributed by atoms with Crippen LogP contribution in [0.2, 0.25) is 0 Å². The molecule has 1 aliphatic heterocycles. The summed E-state index contributed by atoms with van der Waals surface area (Å²) >= 11 is 0. The van der Waals surface area contributed by atoms with Crippen LogP contribution in [-0.4, -0.2) is 35.8 Å². The number of nitrogens with two attached hydrogens (primary N) is 1. The molecule has 0 aliphatic carbocycles. The van der Waals surface area contributed by atoms with Crippen molar-refractivity contribution in [1.29, 1.82) is 0 Å². The molecular formula is C18H25N3O. The molecule has 4 heteroatoms. The highest BCUT2D eigenvalue weighted by molar-refractivity contribution is 5.88. The lowest BCUT2D eigenvalue weighted by Crippen LogP contribution is -2.26. The van der Waals surface area contributed by atoms with E-state index in [1.807, 2.05) is 6.20 Å². The summed E-state index contributed by atoms with van der Waals surface area (Å²) in [5.74, 6) is 0. The average molecular weight is 299 g/mol. The number of anilines is 1. The van der Waals surface area contributed by atoms with Crippen LogP contribution in [0.25, 0.3) is 10.8 Å². The molecular weight excluding hydrogens is 274 g/mol. The summed E-state index contributed by atoms with van der Waals surface area (Å²) < 4.78 is 0. The van der Waals surface area contributed by atoms with E-state index in [9.17, 15) is 0 Å². The molecule has 0 radical (unpaired) electrons. The zero-order chi connectivity index (χ0) is 15.5. The van der Waals surface area contributed by atoms with Crippen LogP contribution in [-0.2, 0) is 6.42 Å². The Morgan fingerprint density at radius 1 is 1.36 bits per heavy atom. The molecule has 2 aromatic rings. The summed E-state index contributed by atoms with van der Waals surface area (Å²) in [7, 11) is 0. The molecule has 1 aliphatic rings. The Morgan fingerprint density at radius 3 is 2.95 bits per heavy atom. The maximum atomic E-state index is 8.97. The Bertz CT molecular complexity index is 656. The topological polar surface area (TPSA) is 62.4 Å². The lowest BCUT2D eigenvalue weighted by atomic mass is 9.99. The maximum Gasteiger partial charge on any atom is 0.0431 e. The van der Waals surface area contributed by atoms with Crippen LogP contribution in [0.1, 0.15) is 30.5 Å². The molecule has 0 bridgehead atoms. The third kappa shape index (κ3) is 3.08. The van der Waals surface area contributed by atoms with Gasteiger partial charge in [-0.15, -0.1) is 0 Å². The van der Waals surface area contributed by atoms with Crippen LogP contribution >= 0.6 is 0 Å². The Hall–Kier alpha value is -1.65. The number of aryl methyl sites for hydroxylation is 2. The van der Waals surface area contributed by atoms with Crippen molar-refractivity contribution < 1.29 is 5.11 Å². The molecule has 4 nitrogen and oxygen atoms in total. The minimum absolute atomic E-state index is 0.261. The number of aromatic nitrogens is 1.